The summed E-state index contributed by atoms with van der Waals surface area (Å²) in [4.78, 5) is 16.0. The minimum absolute atomic E-state index is 0.570. The molecule has 0 spiro atoms. The molecular formula is C61H34N4O2S. The first-order chi connectivity index (χ1) is 33.7. The number of para-hydroxylation sites is 3. The minimum Gasteiger partial charge on any atom is -0.456 e. The largest absolute Gasteiger partial charge is 0.456 e. The monoisotopic (exact) mass is 886 g/mol. The Kier molecular flexibility index (Phi) is 7.85. The fraction of sp³-hybridized carbons (Fsp3) is 0. The van der Waals surface area contributed by atoms with E-state index in [-0.39, 0.29) is 0 Å². The molecule has 0 atom stereocenters. The van der Waals surface area contributed by atoms with Gasteiger partial charge in [0, 0.05) is 80.3 Å². The highest BCUT2D eigenvalue weighted by Gasteiger charge is 2.22. The molecule has 0 fully saturated rings. The maximum atomic E-state index is 6.26. The van der Waals surface area contributed by atoms with E-state index in [1.807, 2.05) is 72.0 Å². The summed E-state index contributed by atoms with van der Waals surface area (Å²) in [6.45, 7) is 0. The van der Waals surface area contributed by atoms with Crippen LogP contribution in [0.1, 0.15) is 0 Å². The van der Waals surface area contributed by atoms with Gasteiger partial charge in [0.2, 0.25) is 0 Å². The van der Waals surface area contributed by atoms with Gasteiger partial charge in [-0.1, -0.05) is 115 Å². The van der Waals surface area contributed by atoms with Crippen LogP contribution < -0.4 is 0 Å². The smallest absolute Gasteiger partial charge is 0.164 e. The Balaban J connectivity index is 1.01. The lowest BCUT2D eigenvalue weighted by atomic mass is 9.98. The predicted octanol–water partition coefficient (Wildman–Crippen LogP) is 17.0. The third-order valence-electron chi connectivity index (χ3n) is 13.6. The highest BCUT2D eigenvalue weighted by molar-refractivity contribution is 7.26. The second kappa shape index (κ2) is 14.3. The normalized spacial score (nSPS) is 12.1. The Bertz CT molecular complexity index is 4460. The van der Waals surface area contributed by atoms with E-state index in [2.05, 4.69) is 150 Å². The van der Waals surface area contributed by atoms with Crippen LogP contribution in [0.25, 0.3) is 148 Å². The number of aromatic nitrogens is 4. The zero-order chi connectivity index (χ0) is 44.5. The predicted molar refractivity (Wildman–Crippen MR) is 281 cm³/mol. The molecule has 0 aliphatic heterocycles. The molecule has 5 heterocycles. The van der Waals surface area contributed by atoms with Gasteiger partial charge < -0.3 is 13.4 Å². The van der Waals surface area contributed by atoms with Crippen molar-refractivity contribution in [1.82, 2.24) is 19.5 Å². The summed E-state index contributed by atoms with van der Waals surface area (Å²) >= 11 is 1.84. The molecule has 0 amide bonds. The molecule has 15 rings (SSSR count). The number of fused-ring (bicyclic) bond motifs is 13. The summed E-state index contributed by atoms with van der Waals surface area (Å²) in [5.41, 5.74) is 11.5. The Morgan fingerprint density at radius 1 is 0.338 bits per heavy atom. The summed E-state index contributed by atoms with van der Waals surface area (Å²) in [5, 5.41) is 11.4. The summed E-state index contributed by atoms with van der Waals surface area (Å²) in [6.07, 6.45) is 0. The van der Waals surface area contributed by atoms with E-state index in [4.69, 9.17) is 23.8 Å². The van der Waals surface area contributed by atoms with Gasteiger partial charge in [-0.3, -0.25) is 0 Å². The molecule has 0 saturated carbocycles. The fourth-order valence-electron chi connectivity index (χ4n) is 10.5. The average Bonchev–Trinajstić information content (AvgIpc) is 4.16. The number of furan rings is 2. The lowest BCUT2D eigenvalue weighted by Crippen LogP contribution is -2.02. The maximum absolute atomic E-state index is 6.26. The number of rotatable bonds is 5. The number of hydrogen-bond donors (Lipinski definition) is 0. The van der Waals surface area contributed by atoms with Crippen molar-refractivity contribution >= 4 is 108 Å². The van der Waals surface area contributed by atoms with Crippen LogP contribution in [0.4, 0.5) is 0 Å². The molecule has 6 nitrogen and oxygen atoms in total. The van der Waals surface area contributed by atoms with Crippen LogP contribution in [-0.4, -0.2) is 19.5 Å². The van der Waals surface area contributed by atoms with Crippen LogP contribution in [0, 0.1) is 0 Å². The quantitative estimate of drug-likeness (QED) is 0.172. The van der Waals surface area contributed by atoms with Gasteiger partial charge in [0.1, 0.15) is 22.3 Å². The van der Waals surface area contributed by atoms with Crippen molar-refractivity contribution in [3.63, 3.8) is 0 Å². The maximum Gasteiger partial charge on any atom is 0.164 e. The van der Waals surface area contributed by atoms with Crippen LogP contribution in [-0.2, 0) is 0 Å². The second-order valence-corrected chi connectivity index (χ2v) is 18.6. The van der Waals surface area contributed by atoms with Gasteiger partial charge in [0.15, 0.2) is 17.5 Å². The molecular weight excluding hydrogens is 853 g/mol. The third-order valence-corrected chi connectivity index (χ3v) is 14.9. The van der Waals surface area contributed by atoms with Crippen molar-refractivity contribution in [2.24, 2.45) is 0 Å². The highest BCUT2D eigenvalue weighted by atomic mass is 32.1. The Labute approximate surface area is 391 Å². The van der Waals surface area contributed by atoms with Gasteiger partial charge >= 0.3 is 0 Å². The van der Waals surface area contributed by atoms with Gasteiger partial charge in [-0.2, -0.15) is 0 Å². The molecule has 7 heteroatoms. The van der Waals surface area contributed by atoms with E-state index in [9.17, 15) is 0 Å². The molecule has 10 aromatic carbocycles. The van der Waals surface area contributed by atoms with Crippen molar-refractivity contribution in [3.05, 3.63) is 206 Å². The van der Waals surface area contributed by atoms with Crippen molar-refractivity contribution in [1.29, 1.82) is 0 Å². The van der Waals surface area contributed by atoms with Crippen LogP contribution in [0.15, 0.2) is 215 Å². The Morgan fingerprint density at radius 3 is 1.56 bits per heavy atom. The summed E-state index contributed by atoms with van der Waals surface area (Å²) in [7, 11) is 0. The molecule has 0 N–H and O–H groups in total. The third kappa shape index (κ3) is 5.60. The first-order valence-corrected chi connectivity index (χ1v) is 23.6. The highest BCUT2D eigenvalue weighted by Crippen LogP contribution is 2.45. The summed E-state index contributed by atoms with van der Waals surface area (Å²) in [5.74, 6) is 1.71. The molecule has 0 radical (unpaired) electrons. The average molecular weight is 887 g/mol. The fourth-order valence-corrected chi connectivity index (χ4v) is 11.7. The lowest BCUT2D eigenvalue weighted by molar-refractivity contribution is 0.668. The number of hydrogen-bond acceptors (Lipinski definition) is 6. The van der Waals surface area contributed by atoms with Crippen molar-refractivity contribution in [2.45, 2.75) is 0 Å². The van der Waals surface area contributed by atoms with E-state index >= 15 is 0 Å². The zero-order valence-electron chi connectivity index (χ0n) is 36.1. The Hall–Kier alpha value is -8.91. The van der Waals surface area contributed by atoms with Gasteiger partial charge in [0.25, 0.3) is 0 Å². The first-order valence-electron chi connectivity index (χ1n) is 22.7. The van der Waals surface area contributed by atoms with Crippen molar-refractivity contribution < 1.29 is 8.83 Å². The van der Waals surface area contributed by atoms with E-state index in [0.717, 1.165) is 88.4 Å². The number of benzene rings is 10. The van der Waals surface area contributed by atoms with Crippen LogP contribution in [0.5, 0.6) is 0 Å². The molecule has 5 aromatic heterocycles. The standard InChI is InChI=1S/C61H34N4O2S/c1-2-13-36-34-52-46(30-35(36)12-1)40-14-3-7-20-50(40)65(52)51-27-24-37(31-47(51)45-19-11-18-44-43-17-6-10-23-57(43)68-58(44)45)59-62-60(38-25-28-55-48(32-38)41-15-4-8-21-53(41)66-55)64-61(63-59)39-26-29-56-49(33-39)42-16-5-9-22-54(42)67-56/h1-34H. The van der Waals surface area contributed by atoms with E-state index in [0.29, 0.717) is 17.5 Å². The molecule has 0 aliphatic carbocycles. The lowest BCUT2D eigenvalue weighted by Gasteiger charge is -2.17. The van der Waals surface area contributed by atoms with Gasteiger partial charge in [-0.15, -0.1) is 11.3 Å². The molecule has 68 heavy (non-hydrogen) atoms. The molecule has 0 unspecified atom stereocenters. The molecule has 0 saturated heterocycles. The Morgan fingerprint density at radius 2 is 0.868 bits per heavy atom. The van der Waals surface area contributed by atoms with Crippen molar-refractivity contribution in [3.8, 4) is 51.0 Å². The topological polar surface area (TPSA) is 69.9 Å². The van der Waals surface area contributed by atoms with E-state index in [1.165, 1.54) is 41.7 Å². The van der Waals surface area contributed by atoms with E-state index < -0.39 is 0 Å². The molecule has 316 valence electrons. The minimum atomic E-state index is 0.570. The zero-order valence-corrected chi connectivity index (χ0v) is 37.0. The van der Waals surface area contributed by atoms with Crippen molar-refractivity contribution in [2.75, 3.05) is 0 Å². The molecule has 0 bridgehead atoms. The first kappa shape index (κ1) is 37.3. The molecule has 15 aromatic rings. The SMILES string of the molecule is c1ccc2cc3c(cc2c1)c1ccccc1n3-c1ccc(-c2nc(-c3ccc4oc5ccccc5c4c3)nc(-c3ccc4oc5ccccc5c4c3)n2)cc1-c1cccc2c1sc1ccccc12. The second-order valence-electron chi connectivity index (χ2n) is 17.5. The van der Waals surface area contributed by atoms with E-state index in [1.54, 1.807) is 0 Å². The summed E-state index contributed by atoms with van der Waals surface area (Å²) < 4.78 is 17.4. The van der Waals surface area contributed by atoms with Gasteiger partial charge in [-0.25, -0.2) is 15.0 Å². The van der Waals surface area contributed by atoms with Crippen LogP contribution in [0.3, 0.4) is 0 Å². The van der Waals surface area contributed by atoms with Gasteiger partial charge in [-0.05, 0) is 102 Å². The number of nitrogens with zero attached hydrogens (tertiary/aromatic N) is 4. The van der Waals surface area contributed by atoms with Crippen LogP contribution >= 0.6 is 11.3 Å². The molecule has 0 aliphatic rings. The summed E-state index contributed by atoms with van der Waals surface area (Å²) in [6, 6.07) is 72.9. The van der Waals surface area contributed by atoms with Crippen LogP contribution in [0.2, 0.25) is 0 Å². The van der Waals surface area contributed by atoms with Gasteiger partial charge in [0.05, 0.1) is 16.7 Å². The number of thiophene rings is 1.